The Morgan fingerprint density at radius 3 is 2.62 bits per heavy atom. The molecular weight excluding hydrogens is 294 g/mol. The van der Waals surface area contributed by atoms with E-state index in [0.29, 0.717) is 5.92 Å². The Hall–Kier alpha value is -2.42. The summed E-state index contributed by atoms with van der Waals surface area (Å²) in [5.74, 6) is 0.290. The van der Waals surface area contributed by atoms with E-state index >= 15 is 0 Å². The van der Waals surface area contributed by atoms with Crippen LogP contribution in [0.2, 0.25) is 0 Å². The van der Waals surface area contributed by atoms with Gasteiger partial charge in [0.1, 0.15) is 0 Å². The van der Waals surface area contributed by atoms with Crippen LogP contribution in [0.15, 0.2) is 36.5 Å². The van der Waals surface area contributed by atoms with E-state index < -0.39 is 0 Å². The lowest BCUT2D eigenvalue weighted by atomic mass is 9.88. The van der Waals surface area contributed by atoms with E-state index in [-0.39, 0.29) is 0 Å². The topological polar surface area (TPSA) is 48.8 Å². The second kappa shape index (κ2) is 7.91. The molecule has 0 fully saturated rings. The lowest BCUT2D eigenvalue weighted by Gasteiger charge is -2.18. The fourth-order valence-corrected chi connectivity index (χ4v) is 2.99. The smallest absolute Gasteiger partial charge is 0.0737 e. The molecule has 1 unspecified atom stereocenters. The minimum Gasteiger partial charge on any atom is -0.393 e. The SMILES string of the molecule is CCc1ccc(C)c(C(C)c2cc(C)nc(/C(C=N)=C/NC)c2)c1. The zero-order valence-corrected chi connectivity index (χ0v) is 15.3. The number of aryl methyl sites for hydroxylation is 3. The van der Waals surface area contributed by atoms with E-state index in [1.807, 2.05) is 20.2 Å². The van der Waals surface area contributed by atoms with E-state index in [1.165, 1.54) is 28.5 Å². The molecule has 2 aromatic rings. The van der Waals surface area contributed by atoms with Gasteiger partial charge >= 0.3 is 0 Å². The molecule has 0 saturated heterocycles. The number of nitrogens with one attached hydrogen (secondary N) is 2. The van der Waals surface area contributed by atoms with Crippen molar-refractivity contribution in [3.8, 4) is 0 Å². The van der Waals surface area contributed by atoms with E-state index in [4.69, 9.17) is 5.41 Å². The van der Waals surface area contributed by atoms with Crippen molar-refractivity contribution in [2.75, 3.05) is 7.05 Å². The summed E-state index contributed by atoms with van der Waals surface area (Å²) in [6.07, 6.45) is 4.20. The highest BCUT2D eigenvalue weighted by atomic mass is 14.8. The van der Waals surface area contributed by atoms with Crippen molar-refractivity contribution in [2.24, 2.45) is 0 Å². The second-order valence-corrected chi connectivity index (χ2v) is 6.23. The van der Waals surface area contributed by atoms with Gasteiger partial charge in [-0.1, -0.05) is 32.0 Å². The molecule has 0 saturated carbocycles. The Morgan fingerprint density at radius 1 is 1.25 bits per heavy atom. The Balaban J connectivity index is 2.50. The molecule has 3 heteroatoms. The summed E-state index contributed by atoms with van der Waals surface area (Å²) in [6, 6.07) is 11.0. The fraction of sp³-hybridized carbons (Fsp3) is 0.333. The number of benzene rings is 1. The summed E-state index contributed by atoms with van der Waals surface area (Å²) < 4.78 is 0. The lowest BCUT2D eigenvalue weighted by Crippen LogP contribution is -2.05. The van der Waals surface area contributed by atoms with E-state index in [2.05, 4.69) is 61.4 Å². The molecule has 0 aliphatic carbocycles. The van der Waals surface area contributed by atoms with Crippen LogP contribution < -0.4 is 5.32 Å². The summed E-state index contributed by atoms with van der Waals surface area (Å²) in [5, 5.41) is 10.6. The maximum absolute atomic E-state index is 7.63. The van der Waals surface area contributed by atoms with Gasteiger partial charge in [-0.3, -0.25) is 4.98 Å². The third-order valence-electron chi connectivity index (χ3n) is 4.45. The Kier molecular flexibility index (Phi) is 5.91. The van der Waals surface area contributed by atoms with Gasteiger partial charge in [0.05, 0.1) is 5.69 Å². The van der Waals surface area contributed by atoms with Crippen LogP contribution in [0.5, 0.6) is 0 Å². The van der Waals surface area contributed by atoms with E-state index in [1.54, 1.807) is 0 Å². The highest BCUT2D eigenvalue weighted by molar-refractivity contribution is 6.07. The molecule has 1 aromatic heterocycles. The molecule has 1 atom stereocenters. The predicted octanol–water partition coefficient (Wildman–Crippen LogP) is 4.62. The molecule has 24 heavy (non-hydrogen) atoms. The van der Waals surface area contributed by atoms with E-state index in [0.717, 1.165) is 23.4 Å². The molecule has 0 bridgehead atoms. The summed E-state index contributed by atoms with van der Waals surface area (Å²) in [7, 11) is 1.84. The molecule has 0 amide bonds. The number of hydrogen-bond donors (Lipinski definition) is 2. The summed E-state index contributed by atoms with van der Waals surface area (Å²) in [4.78, 5) is 4.60. The van der Waals surface area contributed by atoms with Gasteiger partial charge in [-0.05, 0) is 54.7 Å². The minimum absolute atomic E-state index is 0.290. The van der Waals surface area contributed by atoms with Crippen LogP contribution in [0, 0.1) is 19.3 Å². The Labute approximate surface area is 145 Å². The molecule has 2 N–H and O–H groups in total. The van der Waals surface area contributed by atoms with Gasteiger partial charge in [0.15, 0.2) is 0 Å². The quantitative estimate of drug-likeness (QED) is 0.763. The first-order valence-corrected chi connectivity index (χ1v) is 8.46. The molecule has 1 heterocycles. The van der Waals surface area contributed by atoms with Gasteiger partial charge < -0.3 is 10.7 Å². The van der Waals surface area contributed by atoms with Crippen molar-refractivity contribution in [3.63, 3.8) is 0 Å². The molecule has 2 rings (SSSR count). The van der Waals surface area contributed by atoms with Crippen LogP contribution in [0.3, 0.4) is 0 Å². The standard InChI is InChI=1S/C21H27N3/c1-6-17-8-7-14(2)20(10-17)16(4)18-9-15(3)24-21(11-18)19(12-22)13-23-5/h7-13,16,22-23H,6H2,1-5H3/b19-13+,22-12?. The highest BCUT2D eigenvalue weighted by Gasteiger charge is 2.14. The van der Waals surface area contributed by atoms with Gasteiger partial charge in [0, 0.05) is 36.6 Å². The van der Waals surface area contributed by atoms with Gasteiger partial charge in [0.25, 0.3) is 0 Å². The first-order valence-electron chi connectivity index (χ1n) is 8.46. The largest absolute Gasteiger partial charge is 0.393 e. The van der Waals surface area contributed by atoms with Crippen LogP contribution in [0.25, 0.3) is 5.57 Å². The number of rotatable bonds is 6. The van der Waals surface area contributed by atoms with Crippen LogP contribution in [0.4, 0.5) is 0 Å². The number of hydrogen-bond acceptors (Lipinski definition) is 3. The minimum atomic E-state index is 0.290. The second-order valence-electron chi connectivity index (χ2n) is 6.23. The van der Waals surface area contributed by atoms with Crippen molar-refractivity contribution < 1.29 is 0 Å². The van der Waals surface area contributed by atoms with Crippen molar-refractivity contribution >= 4 is 11.8 Å². The van der Waals surface area contributed by atoms with Crippen molar-refractivity contribution in [2.45, 2.75) is 40.0 Å². The van der Waals surface area contributed by atoms with Crippen molar-refractivity contribution in [1.29, 1.82) is 5.41 Å². The van der Waals surface area contributed by atoms with Crippen LogP contribution in [-0.4, -0.2) is 18.2 Å². The third kappa shape index (κ3) is 3.91. The number of aromatic nitrogens is 1. The number of pyridine rings is 1. The summed E-state index contributed by atoms with van der Waals surface area (Å²) in [5.41, 5.74) is 7.87. The first kappa shape index (κ1) is 17.9. The third-order valence-corrected chi connectivity index (χ3v) is 4.45. The zero-order chi connectivity index (χ0) is 17.7. The molecule has 126 valence electrons. The molecule has 3 nitrogen and oxygen atoms in total. The Bertz CT molecular complexity index is 760. The monoisotopic (exact) mass is 321 g/mol. The maximum atomic E-state index is 7.63. The average molecular weight is 321 g/mol. The normalized spacial score (nSPS) is 12.8. The fourth-order valence-electron chi connectivity index (χ4n) is 2.99. The molecule has 0 aliphatic heterocycles. The van der Waals surface area contributed by atoms with E-state index in [9.17, 15) is 0 Å². The number of allylic oxidation sites excluding steroid dienone is 1. The average Bonchev–Trinajstić information content (AvgIpc) is 2.59. The summed E-state index contributed by atoms with van der Waals surface area (Å²) in [6.45, 7) is 8.61. The highest BCUT2D eigenvalue weighted by Crippen LogP contribution is 2.29. The van der Waals surface area contributed by atoms with Crippen LogP contribution in [0.1, 0.15) is 53.4 Å². The van der Waals surface area contributed by atoms with Gasteiger partial charge in [-0.15, -0.1) is 0 Å². The lowest BCUT2D eigenvalue weighted by molar-refractivity contribution is 0.893. The van der Waals surface area contributed by atoms with Crippen molar-refractivity contribution in [1.82, 2.24) is 10.3 Å². The first-order chi connectivity index (χ1) is 11.5. The van der Waals surface area contributed by atoms with Crippen LogP contribution in [-0.2, 0) is 6.42 Å². The molecular formula is C21H27N3. The van der Waals surface area contributed by atoms with Crippen molar-refractivity contribution in [3.05, 3.63) is 70.2 Å². The molecule has 0 spiro atoms. The molecule has 1 aromatic carbocycles. The molecule has 0 radical (unpaired) electrons. The predicted molar refractivity (Wildman–Crippen MR) is 103 cm³/mol. The van der Waals surface area contributed by atoms with Gasteiger partial charge in [-0.25, -0.2) is 0 Å². The van der Waals surface area contributed by atoms with Gasteiger partial charge in [-0.2, -0.15) is 0 Å². The zero-order valence-electron chi connectivity index (χ0n) is 15.3. The maximum Gasteiger partial charge on any atom is 0.0737 e. The Morgan fingerprint density at radius 2 is 2.00 bits per heavy atom. The van der Waals surface area contributed by atoms with Crippen LogP contribution >= 0.6 is 0 Å². The summed E-state index contributed by atoms with van der Waals surface area (Å²) >= 11 is 0. The van der Waals surface area contributed by atoms with Gasteiger partial charge in [0.2, 0.25) is 0 Å². The number of nitrogens with zero attached hydrogens (tertiary/aromatic N) is 1. The molecule has 0 aliphatic rings.